The molecule has 8 heteroatoms. The fourth-order valence-electron chi connectivity index (χ4n) is 2.10. The first-order valence-electron chi connectivity index (χ1n) is 5.64. The minimum Gasteiger partial charge on any atom is -0.383 e. The van der Waals surface area contributed by atoms with Crippen LogP contribution in [0.25, 0.3) is 5.82 Å². The van der Waals surface area contributed by atoms with Crippen LogP contribution in [0.2, 0.25) is 10.0 Å². The van der Waals surface area contributed by atoms with Crippen molar-refractivity contribution in [1.82, 2.24) is 14.8 Å². The van der Waals surface area contributed by atoms with Crippen molar-refractivity contribution in [2.45, 2.75) is 6.04 Å². The van der Waals surface area contributed by atoms with Crippen LogP contribution in [0.1, 0.15) is 11.6 Å². The van der Waals surface area contributed by atoms with E-state index in [-0.39, 0.29) is 11.4 Å². The van der Waals surface area contributed by atoms with Crippen LogP contribution >= 0.6 is 23.2 Å². The molecule has 0 aliphatic carbocycles. The highest BCUT2D eigenvalue weighted by Gasteiger charge is 2.31. The van der Waals surface area contributed by atoms with Crippen LogP contribution in [-0.2, 0) is 0 Å². The lowest BCUT2D eigenvalue weighted by atomic mass is 9.98. The molecule has 1 unspecified atom stereocenters. The number of nitrogens with two attached hydrogens (primary N) is 1. The number of anilines is 1. The Labute approximate surface area is 124 Å². The van der Waals surface area contributed by atoms with E-state index < -0.39 is 6.04 Å². The number of fused-ring (bicyclic) bond motifs is 1. The third-order valence-electron chi connectivity index (χ3n) is 3.02. The molecule has 1 aliphatic heterocycles. The zero-order valence-corrected chi connectivity index (χ0v) is 11.5. The lowest BCUT2D eigenvalue weighted by molar-refractivity contribution is 0.795. The Morgan fingerprint density at radius 3 is 2.70 bits per heavy atom. The van der Waals surface area contributed by atoms with Crippen LogP contribution in [0.3, 0.4) is 0 Å². The van der Waals surface area contributed by atoms with Gasteiger partial charge in [-0.1, -0.05) is 29.3 Å². The van der Waals surface area contributed by atoms with Crippen molar-refractivity contribution in [1.29, 1.82) is 5.26 Å². The third kappa shape index (κ3) is 1.80. The summed E-state index contributed by atoms with van der Waals surface area (Å²) in [7, 11) is 0. The van der Waals surface area contributed by atoms with Crippen molar-refractivity contribution in [3.05, 3.63) is 45.7 Å². The molecule has 3 N–H and O–H groups in total. The molecule has 0 amide bonds. The highest BCUT2D eigenvalue weighted by molar-refractivity contribution is 6.36. The fourth-order valence-corrected chi connectivity index (χ4v) is 2.72. The van der Waals surface area contributed by atoms with E-state index in [0.717, 1.165) is 0 Å². The van der Waals surface area contributed by atoms with Crippen LogP contribution in [0.15, 0.2) is 30.1 Å². The first kappa shape index (κ1) is 12.8. The Morgan fingerprint density at radius 1 is 1.35 bits per heavy atom. The highest BCUT2D eigenvalue weighted by atomic mass is 35.5. The lowest BCUT2D eigenvalue weighted by Crippen LogP contribution is -2.27. The second kappa shape index (κ2) is 4.71. The molecule has 2 heterocycles. The number of hydrogen-bond acceptors (Lipinski definition) is 5. The van der Waals surface area contributed by atoms with Crippen molar-refractivity contribution in [2.75, 3.05) is 5.32 Å². The molecule has 3 rings (SSSR count). The summed E-state index contributed by atoms with van der Waals surface area (Å²) >= 11 is 12.4. The van der Waals surface area contributed by atoms with Crippen molar-refractivity contribution >= 4 is 35.0 Å². The van der Waals surface area contributed by atoms with Gasteiger partial charge in [0.15, 0.2) is 0 Å². The first-order valence-corrected chi connectivity index (χ1v) is 6.39. The zero-order chi connectivity index (χ0) is 14.3. The second-order valence-electron chi connectivity index (χ2n) is 4.12. The number of benzene rings is 1. The van der Waals surface area contributed by atoms with E-state index in [1.54, 1.807) is 18.2 Å². The molecule has 0 saturated heterocycles. The van der Waals surface area contributed by atoms with Crippen molar-refractivity contribution in [3.8, 4) is 6.07 Å². The van der Waals surface area contributed by atoms with Gasteiger partial charge in [-0.2, -0.15) is 20.0 Å². The molecule has 0 bridgehead atoms. The van der Waals surface area contributed by atoms with Gasteiger partial charge in [-0.3, -0.25) is 0 Å². The Balaban J connectivity index is 2.21. The predicted molar refractivity (Wildman–Crippen MR) is 75.9 cm³/mol. The van der Waals surface area contributed by atoms with E-state index in [0.29, 0.717) is 21.6 Å². The van der Waals surface area contributed by atoms with Crippen LogP contribution in [0.5, 0.6) is 0 Å². The molecule has 6 nitrogen and oxygen atoms in total. The Kier molecular flexibility index (Phi) is 3.01. The summed E-state index contributed by atoms with van der Waals surface area (Å²) < 4.78 is 1.36. The molecular weight excluding hydrogens is 299 g/mol. The number of hydrogen-bond donors (Lipinski definition) is 2. The lowest BCUT2D eigenvalue weighted by Gasteiger charge is -2.26. The molecule has 1 atom stereocenters. The van der Waals surface area contributed by atoms with Crippen LogP contribution in [-0.4, -0.2) is 14.8 Å². The Bertz CT molecular complexity index is 737. The van der Waals surface area contributed by atoms with Crippen LogP contribution < -0.4 is 11.1 Å². The van der Waals surface area contributed by atoms with Gasteiger partial charge in [-0.05, 0) is 12.1 Å². The van der Waals surface area contributed by atoms with Gasteiger partial charge in [0.1, 0.15) is 18.2 Å². The number of nitrogens with zero attached hydrogens (tertiary/aromatic N) is 4. The monoisotopic (exact) mass is 306 g/mol. The number of halogens is 2. The minimum absolute atomic E-state index is 0.208. The summed E-state index contributed by atoms with van der Waals surface area (Å²) in [5.74, 6) is 0.641. The van der Waals surface area contributed by atoms with E-state index >= 15 is 0 Å². The van der Waals surface area contributed by atoms with Crippen molar-refractivity contribution < 1.29 is 0 Å². The quantitative estimate of drug-likeness (QED) is 0.844. The molecular formula is C12H8Cl2N6. The smallest absolute Gasteiger partial charge is 0.228 e. The minimum atomic E-state index is -0.558. The maximum absolute atomic E-state index is 9.36. The predicted octanol–water partition coefficient (Wildman–Crippen LogP) is 2.40. The van der Waals surface area contributed by atoms with Gasteiger partial charge in [-0.25, -0.2) is 0 Å². The first-order chi connectivity index (χ1) is 9.63. The molecule has 100 valence electrons. The second-order valence-corrected chi connectivity index (χ2v) is 4.93. The normalized spacial score (nSPS) is 17.4. The molecule has 0 spiro atoms. The van der Waals surface area contributed by atoms with Crippen molar-refractivity contribution in [2.24, 2.45) is 5.73 Å². The average molecular weight is 307 g/mol. The average Bonchev–Trinajstić information content (AvgIpc) is 2.87. The van der Waals surface area contributed by atoms with Crippen molar-refractivity contribution in [3.63, 3.8) is 0 Å². The molecule has 20 heavy (non-hydrogen) atoms. The zero-order valence-electron chi connectivity index (χ0n) is 10.0. The standard InChI is InChI=1S/C12H8Cl2N6/c13-7-2-1-3-8(14)9(7)10-6(4-15)11(16)20-12(19-10)17-5-18-20/h1-3,5,10H,16H2,(H,17,18,19). The summed E-state index contributed by atoms with van der Waals surface area (Å²) in [4.78, 5) is 4.04. The van der Waals surface area contributed by atoms with E-state index in [1.807, 2.05) is 0 Å². The molecule has 1 aromatic heterocycles. The van der Waals surface area contributed by atoms with Crippen LogP contribution in [0.4, 0.5) is 5.95 Å². The number of aromatic nitrogens is 3. The SMILES string of the molecule is N#CC1=C(N)n2ncnc2NC1c1c(Cl)cccc1Cl. The Hall–Kier alpha value is -2.23. The summed E-state index contributed by atoms with van der Waals surface area (Å²) in [5, 5.41) is 17.3. The molecule has 2 aromatic rings. The number of rotatable bonds is 1. The van der Waals surface area contributed by atoms with Gasteiger partial charge in [0, 0.05) is 15.6 Å². The number of nitrogens with one attached hydrogen (secondary N) is 1. The fraction of sp³-hybridized carbons (Fsp3) is 0.0833. The molecule has 1 aromatic carbocycles. The number of nitriles is 1. The molecule has 1 aliphatic rings. The summed E-state index contributed by atoms with van der Waals surface area (Å²) in [6, 6.07) is 6.66. The van der Waals surface area contributed by atoms with Gasteiger partial charge >= 0.3 is 0 Å². The van der Waals surface area contributed by atoms with Gasteiger partial charge in [0.05, 0.1) is 11.6 Å². The molecule has 0 saturated carbocycles. The van der Waals surface area contributed by atoms with Gasteiger partial charge in [0.2, 0.25) is 5.95 Å². The topological polar surface area (TPSA) is 92.5 Å². The molecule has 0 fully saturated rings. The third-order valence-corrected chi connectivity index (χ3v) is 3.68. The van der Waals surface area contributed by atoms with Gasteiger partial charge in [0.25, 0.3) is 0 Å². The van der Waals surface area contributed by atoms with Crippen LogP contribution in [0, 0.1) is 11.3 Å². The molecule has 0 radical (unpaired) electrons. The van der Waals surface area contributed by atoms with Gasteiger partial charge in [-0.15, -0.1) is 0 Å². The van der Waals surface area contributed by atoms with E-state index in [1.165, 1.54) is 11.0 Å². The largest absolute Gasteiger partial charge is 0.383 e. The van der Waals surface area contributed by atoms with Gasteiger partial charge < -0.3 is 11.1 Å². The van der Waals surface area contributed by atoms with E-state index in [9.17, 15) is 5.26 Å². The maximum atomic E-state index is 9.36. The summed E-state index contributed by atoms with van der Waals surface area (Å²) in [5.41, 5.74) is 6.84. The Morgan fingerprint density at radius 2 is 2.05 bits per heavy atom. The maximum Gasteiger partial charge on any atom is 0.228 e. The highest BCUT2D eigenvalue weighted by Crippen LogP contribution is 2.39. The van der Waals surface area contributed by atoms with E-state index in [2.05, 4.69) is 21.5 Å². The summed E-state index contributed by atoms with van der Waals surface area (Å²) in [6.45, 7) is 0. The summed E-state index contributed by atoms with van der Waals surface area (Å²) in [6.07, 6.45) is 1.35. The van der Waals surface area contributed by atoms with E-state index in [4.69, 9.17) is 28.9 Å².